The number of carbonyl (C=O) groups is 1. The van der Waals surface area contributed by atoms with Crippen molar-refractivity contribution in [3.63, 3.8) is 0 Å². The van der Waals surface area contributed by atoms with E-state index in [4.69, 9.17) is 0 Å². The first-order valence-corrected chi connectivity index (χ1v) is 8.81. The van der Waals surface area contributed by atoms with E-state index < -0.39 is 0 Å². The van der Waals surface area contributed by atoms with Crippen LogP contribution in [0.15, 0.2) is 29.8 Å². The second kappa shape index (κ2) is 7.45. The van der Waals surface area contributed by atoms with Crippen LogP contribution < -0.4 is 10.6 Å². The predicted octanol–water partition coefficient (Wildman–Crippen LogP) is 3.24. The van der Waals surface area contributed by atoms with Gasteiger partial charge in [0.05, 0.1) is 11.4 Å². The Morgan fingerprint density at radius 1 is 1.32 bits per heavy atom. The molecule has 0 saturated heterocycles. The molecule has 118 valence electrons. The van der Waals surface area contributed by atoms with Gasteiger partial charge >= 0.3 is 6.03 Å². The van der Waals surface area contributed by atoms with Gasteiger partial charge in [-0.3, -0.25) is 4.68 Å². The lowest BCUT2D eigenvalue weighted by Crippen LogP contribution is -2.43. The highest BCUT2D eigenvalue weighted by Crippen LogP contribution is 2.22. The van der Waals surface area contributed by atoms with E-state index in [2.05, 4.69) is 21.8 Å². The normalized spacial score (nSPS) is 15.6. The van der Waals surface area contributed by atoms with Crippen molar-refractivity contribution in [3.05, 3.63) is 29.8 Å². The number of urea groups is 1. The maximum absolute atomic E-state index is 11.8. The molecule has 2 amide bonds. The van der Waals surface area contributed by atoms with Gasteiger partial charge in [0.15, 0.2) is 0 Å². The highest BCUT2D eigenvalue weighted by Gasteiger charge is 2.15. The molecule has 5 nitrogen and oxygen atoms in total. The fraction of sp³-hybridized carbons (Fsp3) is 0.500. The monoisotopic (exact) mass is 318 g/mol. The molecule has 2 aromatic heterocycles. The summed E-state index contributed by atoms with van der Waals surface area (Å²) in [6, 6.07) is 6.39. The molecule has 0 radical (unpaired) electrons. The second-order valence-electron chi connectivity index (χ2n) is 5.68. The standard InChI is InChI=1S/C16H22N4OS/c21-16(18-13-5-2-1-3-6-13)17-9-11-20-10-8-14(19-20)15-7-4-12-22-15/h4,7-8,10,12-13H,1-3,5-6,9,11H2,(H2,17,18,21). The van der Waals surface area contributed by atoms with Crippen LogP contribution in [0.4, 0.5) is 4.79 Å². The zero-order valence-corrected chi connectivity index (χ0v) is 13.4. The first-order chi connectivity index (χ1) is 10.8. The quantitative estimate of drug-likeness (QED) is 0.889. The van der Waals surface area contributed by atoms with Crippen molar-refractivity contribution in [2.75, 3.05) is 6.54 Å². The number of hydrogen-bond acceptors (Lipinski definition) is 3. The van der Waals surface area contributed by atoms with Gasteiger partial charge in [0.2, 0.25) is 0 Å². The Bertz CT molecular complexity index is 587. The topological polar surface area (TPSA) is 59.0 Å². The van der Waals surface area contributed by atoms with Crippen molar-refractivity contribution in [2.24, 2.45) is 0 Å². The number of hydrogen-bond donors (Lipinski definition) is 2. The first kappa shape index (κ1) is 15.1. The van der Waals surface area contributed by atoms with Gasteiger partial charge in [0.1, 0.15) is 5.69 Å². The van der Waals surface area contributed by atoms with Crippen molar-refractivity contribution in [3.8, 4) is 10.6 Å². The van der Waals surface area contributed by atoms with Gasteiger partial charge in [0, 0.05) is 18.8 Å². The molecule has 0 bridgehead atoms. The Morgan fingerprint density at radius 2 is 2.18 bits per heavy atom. The number of rotatable bonds is 5. The third-order valence-electron chi connectivity index (χ3n) is 3.98. The fourth-order valence-corrected chi connectivity index (χ4v) is 3.50. The van der Waals surface area contributed by atoms with E-state index in [0.29, 0.717) is 19.1 Å². The number of carbonyl (C=O) groups excluding carboxylic acids is 1. The summed E-state index contributed by atoms with van der Waals surface area (Å²) in [6.07, 6.45) is 7.92. The molecule has 1 aliphatic carbocycles. The summed E-state index contributed by atoms with van der Waals surface area (Å²) in [5.74, 6) is 0. The van der Waals surface area contributed by atoms with Crippen LogP contribution in [0, 0.1) is 0 Å². The Hall–Kier alpha value is -1.82. The second-order valence-corrected chi connectivity index (χ2v) is 6.62. The molecule has 0 unspecified atom stereocenters. The van der Waals surface area contributed by atoms with E-state index in [-0.39, 0.29) is 6.03 Å². The van der Waals surface area contributed by atoms with Crippen LogP contribution in [0.25, 0.3) is 10.6 Å². The molecule has 0 aromatic carbocycles. The Balaban J connectivity index is 1.40. The Kier molecular flexibility index (Phi) is 5.11. The summed E-state index contributed by atoms with van der Waals surface area (Å²) in [4.78, 5) is 13.0. The molecule has 2 N–H and O–H groups in total. The molecule has 3 rings (SSSR count). The van der Waals surface area contributed by atoms with E-state index in [1.165, 1.54) is 24.1 Å². The van der Waals surface area contributed by atoms with E-state index >= 15 is 0 Å². The van der Waals surface area contributed by atoms with Gasteiger partial charge in [-0.1, -0.05) is 25.3 Å². The first-order valence-electron chi connectivity index (χ1n) is 7.93. The lowest BCUT2D eigenvalue weighted by atomic mass is 9.96. The van der Waals surface area contributed by atoms with Crippen molar-refractivity contribution in [2.45, 2.75) is 44.7 Å². The SMILES string of the molecule is O=C(NCCn1ccc(-c2cccs2)n1)NC1CCCCC1. The minimum atomic E-state index is -0.0578. The van der Waals surface area contributed by atoms with Gasteiger partial charge in [-0.2, -0.15) is 5.10 Å². The van der Waals surface area contributed by atoms with Crippen LogP contribution in [0.3, 0.4) is 0 Å². The summed E-state index contributed by atoms with van der Waals surface area (Å²) in [6.45, 7) is 1.27. The molecule has 2 aromatic rings. The number of nitrogens with one attached hydrogen (secondary N) is 2. The lowest BCUT2D eigenvalue weighted by Gasteiger charge is -2.22. The van der Waals surface area contributed by atoms with Crippen molar-refractivity contribution < 1.29 is 4.79 Å². The molecule has 6 heteroatoms. The molecule has 0 aliphatic heterocycles. The van der Waals surface area contributed by atoms with Crippen LogP contribution >= 0.6 is 11.3 Å². The third-order valence-corrected chi connectivity index (χ3v) is 4.87. The minimum absolute atomic E-state index is 0.0578. The predicted molar refractivity (Wildman–Crippen MR) is 88.9 cm³/mol. The molecule has 0 spiro atoms. The van der Waals surface area contributed by atoms with Gasteiger partial charge in [-0.05, 0) is 30.4 Å². The van der Waals surface area contributed by atoms with Crippen molar-refractivity contribution in [1.82, 2.24) is 20.4 Å². The van der Waals surface area contributed by atoms with Crippen LogP contribution in [-0.2, 0) is 6.54 Å². The lowest BCUT2D eigenvalue weighted by molar-refractivity contribution is 0.232. The number of amides is 2. The summed E-state index contributed by atoms with van der Waals surface area (Å²) in [5.41, 5.74) is 0.988. The zero-order chi connectivity index (χ0) is 15.2. The minimum Gasteiger partial charge on any atom is -0.336 e. The maximum atomic E-state index is 11.8. The van der Waals surface area contributed by atoms with Crippen LogP contribution in [0.5, 0.6) is 0 Å². The van der Waals surface area contributed by atoms with Crippen molar-refractivity contribution >= 4 is 17.4 Å². The number of thiophene rings is 1. The smallest absolute Gasteiger partial charge is 0.315 e. The number of nitrogens with zero attached hydrogens (tertiary/aromatic N) is 2. The highest BCUT2D eigenvalue weighted by atomic mass is 32.1. The van der Waals surface area contributed by atoms with E-state index in [0.717, 1.165) is 18.5 Å². The van der Waals surface area contributed by atoms with Crippen molar-refractivity contribution in [1.29, 1.82) is 0 Å². The Labute approximate surface area is 134 Å². The number of aromatic nitrogens is 2. The zero-order valence-electron chi connectivity index (χ0n) is 12.6. The average molecular weight is 318 g/mol. The molecular weight excluding hydrogens is 296 g/mol. The average Bonchev–Trinajstić information content (AvgIpc) is 3.19. The van der Waals surface area contributed by atoms with Gasteiger partial charge in [-0.25, -0.2) is 4.79 Å². The van der Waals surface area contributed by atoms with Gasteiger partial charge in [-0.15, -0.1) is 11.3 Å². The summed E-state index contributed by atoms with van der Waals surface area (Å²) < 4.78 is 1.87. The molecule has 22 heavy (non-hydrogen) atoms. The summed E-state index contributed by atoms with van der Waals surface area (Å²) in [7, 11) is 0. The highest BCUT2D eigenvalue weighted by molar-refractivity contribution is 7.13. The molecule has 1 saturated carbocycles. The Morgan fingerprint density at radius 3 is 2.95 bits per heavy atom. The van der Waals surface area contributed by atoms with E-state index in [1.54, 1.807) is 11.3 Å². The van der Waals surface area contributed by atoms with Crippen LogP contribution in [-0.4, -0.2) is 28.4 Å². The molecule has 2 heterocycles. The molecule has 1 aliphatic rings. The van der Waals surface area contributed by atoms with E-state index in [1.807, 2.05) is 28.4 Å². The largest absolute Gasteiger partial charge is 0.336 e. The molecular formula is C16H22N4OS. The summed E-state index contributed by atoms with van der Waals surface area (Å²) in [5, 5.41) is 12.5. The van der Waals surface area contributed by atoms with E-state index in [9.17, 15) is 4.79 Å². The fourth-order valence-electron chi connectivity index (χ4n) is 2.81. The summed E-state index contributed by atoms with van der Waals surface area (Å²) >= 11 is 1.68. The molecule has 0 atom stereocenters. The third kappa shape index (κ3) is 4.10. The van der Waals surface area contributed by atoms with Gasteiger partial charge < -0.3 is 10.6 Å². The maximum Gasteiger partial charge on any atom is 0.315 e. The van der Waals surface area contributed by atoms with Gasteiger partial charge in [0.25, 0.3) is 0 Å². The molecule has 1 fully saturated rings. The van der Waals surface area contributed by atoms with Crippen LogP contribution in [0.2, 0.25) is 0 Å². The van der Waals surface area contributed by atoms with Crippen LogP contribution in [0.1, 0.15) is 32.1 Å².